The first-order valence-electron chi connectivity index (χ1n) is 3.82. The molecule has 10 heavy (non-hydrogen) atoms. The normalized spacial score (nSPS) is 13.2. The highest BCUT2D eigenvalue weighted by molar-refractivity contribution is 7.71. The van der Waals surface area contributed by atoms with E-state index >= 15 is 0 Å². The van der Waals surface area contributed by atoms with Gasteiger partial charge in [-0.2, -0.15) is 0 Å². The number of hydrogen-bond acceptors (Lipinski definition) is 1. The van der Waals surface area contributed by atoms with Gasteiger partial charge in [0.25, 0.3) is 0 Å². The van der Waals surface area contributed by atoms with Crippen LogP contribution in [-0.2, 0) is 0 Å². The lowest BCUT2D eigenvalue weighted by Gasteiger charge is -1.82. The fourth-order valence-corrected chi connectivity index (χ4v) is 1.08. The van der Waals surface area contributed by atoms with Crippen molar-refractivity contribution in [1.82, 2.24) is 9.95 Å². The third-order valence-corrected chi connectivity index (χ3v) is 1.50. The van der Waals surface area contributed by atoms with Crippen LogP contribution < -0.4 is 0 Å². The van der Waals surface area contributed by atoms with Crippen molar-refractivity contribution in [3.05, 3.63) is 29.0 Å². The van der Waals surface area contributed by atoms with E-state index in [4.69, 9.17) is 15.0 Å². The van der Waals surface area contributed by atoms with Crippen LogP contribution in [-0.4, -0.2) is 9.95 Å². The van der Waals surface area contributed by atoms with Crippen LogP contribution in [0, 0.1) is 4.77 Å². The zero-order valence-corrected chi connectivity index (χ0v) is 5.93. The molecule has 1 heterocycles. The van der Waals surface area contributed by atoms with Crippen molar-refractivity contribution >= 4 is 23.3 Å². The molecule has 0 atom stereocenters. The Morgan fingerprint density at radius 2 is 1.70 bits per heavy atom. The summed E-state index contributed by atoms with van der Waals surface area (Å²) in [5.41, 5.74) is 1.33. The maximum atomic E-state index is 7.48. The first kappa shape index (κ1) is 3.93. The fourth-order valence-electron chi connectivity index (χ4n) is 0.884. The van der Waals surface area contributed by atoms with Gasteiger partial charge in [0, 0.05) is 0 Å². The lowest BCUT2D eigenvalue weighted by molar-refractivity contribution is 1.30. The lowest BCUT2D eigenvalue weighted by Crippen LogP contribution is -1.63. The minimum absolute atomic E-state index is 0.191. The average Bonchev–Trinajstić information content (AvgIpc) is 2.33. The first-order valence-corrected chi connectivity index (χ1v) is 3.33. The minimum Gasteiger partial charge on any atom is -0.331 e. The Morgan fingerprint density at radius 3 is 2.20 bits per heavy atom. The molecule has 0 aliphatic carbocycles. The van der Waals surface area contributed by atoms with Gasteiger partial charge in [-0.15, -0.1) is 0 Å². The van der Waals surface area contributed by atoms with Crippen LogP contribution in [0.2, 0.25) is 2.82 Å². The van der Waals surface area contributed by atoms with E-state index in [0.29, 0.717) is 11.0 Å². The second kappa shape index (κ2) is 1.95. The molecular weight excluding hydrogens is 144 g/mol. The topological polar surface area (TPSA) is 31.6 Å². The first-order chi connectivity index (χ1) is 5.72. The molecule has 1 aromatic carbocycles. The number of hydrogen-bond donors (Lipinski definition) is 2. The Bertz CT molecular complexity index is 444. The van der Waals surface area contributed by atoms with Crippen molar-refractivity contribution in [3.63, 3.8) is 0 Å². The van der Waals surface area contributed by atoms with E-state index in [2.05, 4.69) is 0 Å². The molecule has 0 aliphatic heterocycles. The Balaban J connectivity index is 3.09. The van der Waals surface area contributed by atoms with Gasteiger partial charge in [0.15, 0.2) is 7.59 Å². The molecule has 0 unspecified atom stereocenters. The second-order valence-corrected chi connectivity index (χ2v) is 2.36. The summed E-state index contributed by atoms with van der Waals surface area (Å²) in [4.78, 5) is 2.16. The SMILES string of the molecule is [2H]n1c(=S)n([2H])c2ccccc21. The van der Waals surface area contributed by atoms with Gasteiger partial charge in [-0.25, -0.2) is 0 Å². The second-order valence-electron chi connectivity index (χ2n) is 1.99. The maximum absolute atomic E-state index is 7.48. The van der Waals surface area contributed by atoms with Gasteiger partial charge in [-0.05, 0) is 24.4 Å². The average molecular weight is 152 g/mol. The van der Waals surface area contributed by atoms with E-state index in [9.17, 15) is 0 Å². The summed E-state index contributed by atoms with van der Waals surface area (Å²) in [6.45, 7) is 0. The number of nitrogens with one attached hydrogen (secondary N) is 2. The maximum Gasteiger partial charge on any atom is 0.175 e. The predicted molar refractivity (Wildman–Crippen MR) is 43.5 cm³/mol. The molecule has 1 aromatic heterocycles. The van der Waals surface area contributed by atoms with Crippen LogP contribution in [0.25, 0.3) is 11.0 Å². The molecule has 50 valence electrons. The highest BCUT2D eigenvalue weighted by Crippen LogP contribution is 2.06. The van der Waals surface area contributed by atoms with Crippen LogP contribution in [0.4, 0.5) is 0 Å². The van der Waals surface area contributed by atoms with Gasteiger partial charge >= 0.3 is 0 Å². The zero-order chi connectivity index (χ0) is 8.72. The predicted octanol–water partition coefficient (Wildman–Crippen LogP) is 2.23. The number of fused-ring (bicyclic) bond motifs is 1. The Morgan fingerprint density at radius 1 is 1.20 bits per heavy atom. The molecular formula is C7H6N2S. The van der Waals surface area contributed by atoms with Gasteiger partial charge in [0.2, 0.25) is 0 Å². The van der Waals surface area contributed by atoms with Gasteiger partial charge in [-0.1, -0.05) is 12.1 Å². The third kappa shape index (κ3) is 0.752. The molecule has 0 spiro atoms. The Kier molecular flexibility index (Phi) is 0.767. The molecule has 2 N–H and O–H groups in total. The number of rotatable bonds is 0. The van der Waals surface area contributed by atoms with Gasteiger partial charge < -0.3 is 9.95 Å². The molecule has 2 nitrogen and oxygen atoms in total. The zero-order valence-electron chi connectivity index (χ0n) is 7.11. The fraction of sp³-hybridized carbons (Fsp3) is 0. The van der Waals surface area contributed by atoms with E-state index in [-0.39, 0.29) is 4.77 Å². The molecule has 2 aromatic rings. The molecule has 0 bridgehead atoms. The molecule has 0 saturated carbocycles. The summed E-state index contributed by atoms with van der Waals surface area (Å²) in [5.74, 6) is 0. The quantitative estimate of drug-likeness (QED) is 0.557. The van der Waals surface area contributed by atoms with Crippen molar-refractivity contribution in [1.29, 1.82) is 0 Å². The lowest BCUT2D eigenvalue weighted by atomic mass is 10.3. The smallest absolute Gasteiger partial charge is 0.175 e. The summed E-state index contributed by atoms with van der Waals surface area (Å²) in [6, 6.07) is 7.18. The van der Waals surface area contributed by atoms with Crippen LogP contribution in [0.5, 0.6) is 0 Å². The summed E-state index contributed by atoms with van der Waals surface area (Å²) in [7, 11) is 0. The van der Waals surface area contributed by atoms with Crippen molar-refractivity contribution in [3.8, 4) is 0 Å². The highest BCUT2D eigenvalue weighted by atomic mass is 32.1. The summed E-state index contributed by atoms with van der Waals surface area (Å²) in [6.07, 6.45) is 0. The van der Waals surface area contributed by atoms with E-state index < -0.39 is 0 Å². The number of imidazole rings is 1. The van der Waals surface area contributed by atoms with Crippen molar-refractivity contribution in [2.24, 2.45) is 0 Å². The molecule has 0 aliphatic rings. The number of aromatic amines is 2. The molecule has 0 fully saturated rings. The molecule has 0 saturated heterocycles. The number of aromatic nitrogens is 2. The van der Waals surface area contributed by atoms with E-state index in [1.807, 2.05) is 12.1 Å². The number of para-hydroxylation sites is 2. The van der Waals surface area contributed by atoms with Gasteiger partial charge in [0.1, 0.15) is 0 Å². The standard InChI is InChI=1S/C7H6N2S/c10-7-8-5-3-1-2-4-6(5)9-7/h1-4H,(H2,8,9,10)/i/hD2. The van der Waals surface area contributed by atoms with Crippen LogP contribution in [0.15, 0.2) is 24.3 Å². The van der Waals surface area contributed by atoms with Crippen molar-refractivity contribution in [2.75, 3.05) is 0 Å². The molecule has 2 rings (SSSR count). The van der Waals surface area contributed by atoms with E-state index in [1.165, 1.54) is 0 Å². The minimum atomic E-state index is 0.191. The Labute approximate surface area is 65.8 Å². The van der Waals surface area contributed by atoms with Crippen LogP contribution in [0.1, 0.15) is 0 Å². The summed E-state index contributed by atoms with van der Waals surface area (Å²) >= 11 is 4.85. The van der Waals surface area contributed by atoms with Crippen molar-refractivity contribution < 1.29 is 2.82 Å². The van der Waals surface area contributed by atoms with E-state index in [1.54, 1.807) is 12.1 Å². The number of H-pyrrole nitrogens is 2. The van der Waals surface area contributed by atoms with Crippen molar-refractivity contribution in [2.45, 2.75) is 0 Å². The Hall–Kier alpha value is -1.09. The molecule has 0 amide bonds. The summed E-state index contributed by atoms with van der Waals surface area (Å²) in [5, 5.41) is 0. The van der Waals surface area contributed by atoms with Crippen LogP contribution >= 0.6 is 12.2 Å². The highest BCUT2D eigenvalue weighted by Gasteiger charge is 1.90. The third-order valence-electron chi connectivity index (χ3n) is 1.31. The largest absolute Gasteiger partial charge is 0.331 e. The van der Waals surface area contributed by atoms with Gasteiger partial charge in [0.05, 0.1) is 11.0 Å². The molecule has 3 heteroatoms. The summed E-state index contributed by atoms with van der Waals surface area (Å²) < 4.78 is 15.2. The van der Waals surface area contributed by atoms with Gasteiger partial charge in [-0.3, -0.25) is 0 Å². The van der Waals surface area contributed by atoms with Crippen LogP contribution in [0.3, 0.4) is 0 Å². The monoisotopic (exact) mass is 152 g/mol. The number of benzene rings is 1. The van der Waals surface area contributed by atoms with E-state index in [0.717, 1.165) is 9.95 Å². The molecule has 0 radical (unpaired) electrons.